The molecule has 1 N–H and O–H groups in total. The van der Waals surface area contributed by atoms with Crippen LogP contribution in [0, 0.1) is 27.7 Å². The number of benzene rings is 3. The van der Waals surface area contributed by atoms with Gasteiger partial charge in [-0.25, -0.2) is 8.42 Å². The third-order valence-corrected chi connectivity index (χ3v) is 8.38. The van der Waals surface area contributed by atoms with E-state index in [0.29, 0.717) is 27.5 Å². The normalized spacial score (nSPS) is 16.4. The van der Waals surface area contributed by atoms with Crippen molar-refractivity contribution in [2.45, 2.75) is 38.0 Å². The highest BCUT2D eigenvalue weighted by Gasteiger charge is 2.34. The number of rotatable bonds is 5. The first-order chi connectivity index (χ1) is 15.2. The van der Waals surface area contributed by atoms with Gasteiger partial charge in [0.15, 0.2) is 0 Å². The molecule has 7 heteroatoms. The number of aryl methyl sites for hydroxylation is 4. The molecule has 32 heavy (non-hydrogen) atoms. The van der Waals surface area contributed by atoms with Crippen LogP contribution in [0.1, 0.15) is 33.2 Å². The summed E-state index contributed by atoms with van der Waals surface area (Å²) in [5.41, 5.74) is 5.78. The second kappa shape index (κ2) is 8.64. The molecule has 4 rings (SSSR count). The van der Waals surface area contributed by atoms with Gasteiger partial charge in [0, 0.05) is 11.4 Å². The first kappa shape index (κ1) is 22.4. The summed E-state index contributed by atoms with van der Waals surface area (Å²) in [4.78, 5) is 14.7. The van der Waals surface area contributed by atoms with E-state index in [2.05, 4.69) is 4.72 Å². The van der Waals surface area contributed by atoms with Crippen molar-refractivity contribution in [3.05, 3.63) is 88.5 Å². The molecule has 1 amide bonds. The SMILES string of the molecule is Cc1ccc(N2C(=O)CS[C@H]2c2cccc(NS(=O)(=O)c3c(C)cc(C)cc3C)c2)cc1. The highest BCUT2D eigenvalue weighted by molar-refractivity contribution is 8.00. The van der Waals surface area contributed by atoms with Gasteiger partial charge in [-0.3, -0.25) is 14.4 Å². The fraction of sp³-hybridized carbons (Fsp3) is 0.240. The van der Waals surface area contributed by atoms with Gasteiger partial charge in [0.2, 0.25) is 5.91 Å². The lowest BCUT2D eigenvalue weighted by Crippen LogP contribution is -2.27. The van der Waals surface area contributed by atoms with Crippen LogP contribution in [0.25, 0.3) is 0 Å². The van der Waals surface area contributed by atoms with E-state index < -0.39 is 10.0 Å². The third kappa shape index (κ3) is 4.40. The van der Waals surface area contributed by atoms with Gasteiger partial charge in [-0.2, -0.15) is 0 Å². The van der Waals surface area contributed by atoms with Crippen LogP contribution < -0.4 is 9.62 Å². The molecule has 1 heterocycles. The number of anilines is 2. The number of nitrogens with zero attached hydrogens (tertiary/aromatic N) is 1. The minimum absolute atomic E-state index is 0.0424. The number of hydrogen-bond acceptors (Lipinski definition) is 4. The Labute approximate surface area is 193 Å². The molecular formula is C25H26N2O3S2. The Bertz CT molecular complexity index is 1260. The molecule has 0 unspecified atom stereocenters. The second-order valence-corrected chi connectivity index (χ2v) is 10.9. The van der Waals surface area contributed by atoms with Crippen molar-refractivity contribution in [1.29, 1.82) is 0 Å². The molecular weight excluding hydrogens is 440 g/mol. The number of amides is 1. The number of carbonyl (C=O) groups excluding carboxylic acids is 1. The van der Waals surface area contributed by atoms with Crippen LogP contribution in [0.5, 0.6) is 0 Å². The van der Waals surface area contributed by atoms with Crippen LogP contribution in [0.2, 0.25) is 0 Å². The summed E-state index contributed by atoms with van der Waals surface area (Å²) in [5, 5.41) is -0.211. The second-order valence-electron chi connectivity index (χ2n) is 8.22. The minimum Gasteiger partial charge on any atom is -0.295 e. The molecule has 0 aliphatic carbocycles. The smallest absolute Gasteiger partial charge is 0.262 e. The van der Waals surface area contributed by atoms with Gasteiger partial charge in [-0.05, 0) is 68.7 Å². The molecule has 3 aromatic rings. The minimum atomic E-state index is -3.75. The molecule has 0 radical (unpaired) electrons. The fourth-order valence-corrected chi connectivity index (χ4v) is 6.88. The van der Waals surface area contributed by atoms with Gasteiger partial charge < -0.3 is 0 Å². The molecule has 1 aliphatic heterocycles. The zero-order valence-electron chi connectivity index (χ0n) is 18.5. The lowest BCUT2D eigenvalue weighted by atomic mass is 10.1. The van der Waals surface area contributed by atoms with E-state index >= 15 is 0 Å². The van der Waals surface area contributed by atoms with Gasteiger partial charge in [0.05, 0.1) is 10.6 Å². The van der Waals surface area contributed by atoms with Crippen LogP contribution in [0.3, 0.4) is 0 Å². The summed E-state index contributed by atoms with van der Waals surface area (Å²) >= 11 is 1.54. The quantitative estimate of drug-likeness (QED) is 0.539. The molecule has 166 valence electrons. The molecule has 0 aromatic heterocycles. The van der Waals surface area contributed by atoms with E-state index in [1.54, 1.807) is 11.0 Å². The fourth-order valence-electron chi connectivity index (χ4n) is 4.21. The maximum atomic E-state index is 13.2. The van der Waals surface area contributed by atoms with Gasteiger partial charge in [0.1, 0.15) is 5.37 Å². The zero-order chi connectivity index (χ0) is 23.0. The van der Waals surface area contributed by atoms with Crippen molar-refractivity contribution < 1.29 is 13.2 Å². The summed E-state index contributed by atoms with van der Waals surface area (Å²) in [7, 11) is -3.75. The zero-order valence-corrected chi connectivity index (χ0v) is 20.2. The van der Waals surface area contributed by atoms with Crippen molar-refractivity contribution in [2.75, 3.05) is 15.4 Å². The lowest BCUT2D eigenvalue weighted by Gasteiger charge is -2.25. The Balaban J connectivity index is 1.65. The monoisotopic (exact) mass is 466 g/mol. The topological polar surface area (TPSA) is 66.5 Å². The van der Waals surface area contributed by atoms with Crippen molar-refractivity contribution in [3.8, 4) is 0 Å². The van der Waals surface area contributed by atoms with Gasteiger partial charge in [0.25, 0.3) is 10.0 Å². The van der Waals surface area contributed by atoms with E-state index in [-0.39, 0.29) is 11.3 Å². The summed E-state index contributed by atoms with van der Waals surface area (Å²) in [6, 6.07) is 18.9. The maximum absolute atomic E-state index is 13.2. The number of sulfonamides is 1. The molecule has 0 saturated carbocycles. The first-order valence-corrected chi connectivity index (χ1v) is 12.9. The number of thioether (sulfide) groups is 1. The molecule has 1 fully saturated rings. The number of hydrogen-bond donors (Lipinski definition) is 1. The van der Waals surface area contributed by atoms with Crippen molar-refractivity contribution in [2.24, 2.45) is 0 Å². The van der Waals surface area contributed by atoms with Gasteiger partial charge >= 0.3 is 0 Å². The first-order valence-electron chi connectivity index (χ1n) is 10.4. The maximum Gasteiger partial charge on any atom is 0.262 e. The van der Waals surface area contributed by atoms with Crippen molar-refractivity contribution in [1.82, 2.24) is 0 Å². The lowest BCUT2D eigenvalue weighted by molar-refractivity contribution is -0.115. The van der Waals surface area contributed by atoms with Crippen LogP contribution in [0.4, 0.5) is 11.4 Å². The molecule has 0 bridgehead atoms. The van der Waals surface area contributed by atoms with Crippen LogP contribution in [0.15, 0.2) is 65.6 Å². The van der Waals surface area contributed by atoms with E-state index in [1.165, 1.54) is 11.8 Å². The predicted octanol–water partition coefficient (Wildman–Crippen LogP) is 5.50. The Morgan fingerprint density at radius 2 is 1.56 bits per heavy atom. The Morgan fingerprint density at radius 1 is 0.906 bits per heavy atom. The highest BCUT2D eigenvalue weighted by Crippen LogP contribution is 2.42. The van der Waals surface area contributed by atoms with E-state index in [4.69, 9.17) is 0 Å². The van der Waals surface area contributed by atoms with E-state index in [0.717, 1.165) is 22.4 Å². The summed E-state index contributed by atoms with van der Waals surface area (Å²) in [5.74, 6) is 0.428. The number of nitrogens with one attached hydrogen (secondary N) is 1. The highest BCUT2D eigenvalue weighted by atomic mass is 32.2. The van der Waals surface area contributed by atoms with E-state index in [9.17, 15) is 13.2 Å². The van der Waals surface area contributed by atoms with Crippen LogP contribution in [-0.4, -0.2) is 20.1 Å². The molecule has 5 nitrogen and oxygen atoms in total. The standard InChI is InChI=1S/C25H26N2O3S2/c1-16-8-10-22(11-9-16)27-23(28)15-31-25(27)20-6-5-7-21(14-20)26-32(29,30)24-18(3)12-17(2)13-19(24)4/h5-14,25-26H,15H2,1-4H3/t25-/m0/s1. The summed E-state index contributed by atoms with van der Waals surface area (Å²) in [6.07, 6.45) is 0. The third-order valence-electron chi connectivity index (χ3n) is 5.48. The molecule has 1 saturated heterocycles. The van der Waals surface area contributed by atoms with Crippen molar-refractivity contribution >= 4 is 39.1 Å². The Hall–Kier alpha value is -2.77. The van der Waals surface area contributed by atoms with Crippen LogP contribution >= 0.6 is 11.8 Å². The van der Waals surface area contributed by atoms with Gasteiger partial charge in [-0.15, -0.1) is 11.8 Å². The molecule has 3 aromatic carbocycles. The molecule has 0 spiro atoms. The van der Waals surface area contributed by atoms with Crippen LogP contribution in [-0.2, 0) is 14.8 Å². The largest absolute Gasteiger partial charge is 0.295 e. The average molecular weight is 467 g/mol. The molecule has 1 atom stereocenters. The molecule has 1 aliphatic rings. The Kier molecular flexibility index (Phi) is 6.05. The summed E-state index contributed by atoms with van der Waals surface area (Å²) < 4.78 is 29.1. The van der Waals surface area contributed by atoms with Crippen molar-refractivity contribution in [3.63, 3.8) is 0 Å². The number of carbonyl (C=O) groups is 1. The Morgan fingerprint density at radius 3 is 2.22 bits per heavy atom. The average Bonchev–Trinajstić information content (AvgIpc) is 3.09. The predicted molar refractivity (Wildman–Crippen MR) is 132 cm³/mol. The summed E-state index contributed by atoms with van der Waals surface area (Å²) in [6.45, 7) is 7.58. The van der Waals surface area contributed by atoms with Gasteiger partial charge in [-0.1, -0.05) is 47.5 Å². The van der Waals surface area contributed by atoms with E-state index in [1.807, 2.05) is 82.3 Å².